The number of nitrogens with two attached hydrogens (primary N) is 1. The van der Waals surface area contributed by atoms with Crippen molar-refractivity contribution in [3.8, 4) is 0 Å². The highest BCUT2D eigenvalue weighted by molar-refractivity contribution is 5.94. The maximum absolute atomic E-state index is 13.2. The lowest BCUT2D eigenvalue weighted by Crippen LogP contribution is -2.57. The molecule has 1 fully saturated rings. The van der Waals surface area contributed by atoms with Gasteiger partial charge in [0.25, 0.3) is 5.91 Å². The van der Waals surface area contributed by atoms with Crippen LogP contribution >= 0.6 is 0 Å². The molecule has 200 valence electrons. The lowest BCUT2D eigenvalue weighted by Gasteiger charge is -2.38. The number of fused-ring (bicyclic) bond motifs is 2. The Labute approximate surface area is 222 Å². The highest BCUT2D eigenvalue weighted by Gasteiger charge is 2.38. The molecular formula is C29H35N5O4. The molecule has 1 aromatic heterocycles. The van der Waals surface area contributed by atoms with Gasteiger partial charge >= 0.3 is 0 Å². The quantitative estimate of drug-likeness (QED) is 0.355. The summed E-state index contributed by atoms with van der Waals surface area (Å²) in [7, 11) is 0. The van der Waals surface area contributed by atoms with Gasteiger partial charge in [-0.3, -0.25) is 9.59 Å². The van der Waals surface area contributed by atoms with Crippen LogP contribution in [-0.2, 0) is 20.7 Å². The van der Waals surface area contributed by atoms with Crippen LogP contribution in [0.1, 0.15) is 52.9 Å². The van der Waals surface area contributed by atoms with Gasteiger partial charge < -0.3 is 35.8 Å². The number of aromatic nitrogens is 1. The first-order valence-corrected chi connectivity index (χ1v) is 13.1. The van der Waals surface area contributed by atoms with E-state index in [9.17, 15) is 14.4 Å². The first-order valence-electron chi connectivity index (χ1n) is 13.1. The first-order chi connectivity index (χ1) is 18.3. The molecule has 2 aliphatic heterocycles. The summed E-state index contributed by atoms with van der Waals surface area (Å²) in [4.78, 5) is 44.0. The van der Waals surface area contributed by atoms with Crippen molar-refractivity contribution >= 4 is 29.0 Å². The SMILES string of the molecule is CC(C)(N)C(=O)NC(C(C=O)c1c[nH]c2ccccc12)C1NCCc2cc(C(=O)N3CCOCC3)ccc21. The van der Waals surface area contributed by atoms with Crippen molar-refractivity contribution in [3.63, 3.8) is 0 Å². The molecule has 38 heavy (non-hydrogen) atoms. The molecule has 9 heteroatoms. The van der Waals surface area contributed by atoms with Crippen LogP contribution in [0.4, 0.5) is 0 Å². The Kier molecular flexibility index (Phi) is 7.34. The minimum Gasteiger partial charge on any atom is -0.378 e. The molecule has 3 unspecified atom stereocenters. The fourth-order valence-electron chi connectivity index (χ4n) is 5.44. The monoisotopic (exact) mass is 517 g/mol. The number of carbonyl (C=O) groups is 3. The number of ether oxygens (including phenoxy) is 1. The molecule has 3 aromatic rings. The van der Waals surface area contributed by atoms with Crippen molar-refractivity contribution < 1.29 is 19.1 Å². The van der Waals surface area contributed by atoms with Gasteiger partial charge in [-0.15, -0.1) is 0 Å². The van der Waals surface area contributed by atoms with Gasteiger partial charge in [-0.2, -0.15) is 0 Å². The second-order valence-corrected chi connectivity index (χ2v) is 10.7. The van der Waals surface area contributed by atoms with E-state index >= 15 is 0 Å². The zero-order chi connectivity index (χ0) is 26.9. The number of hydrogen-bond donors (Lipinski definition) is 4. The van der Waals surface area contributed by atoms with E-state index in [1.165, 1.54) is 0 Å². The Balaban J connectivity index is 1.52. The van der Waals surface area contributed by atoms with Gasteiger partial charge in [-0.05, 0) is 61.7 Å². The molecule has 0 aliphatic carbocycles. The molecule has 3 heterocycles. The number of benzene rings is 2. The van der Waals surface area contributed by atoms with Gasteiger partial charge in [0.05, 0.1) is 36.8 Å². The summed E-state index contributed by atoms with van der Waals surface area (Å²) in [6, 6.07) is 12.6. The summed E-state index contributed by atoms with van der Waals surface area (Å²) in [5, 5.41) is 7.56. The highest BCUT2D eigenvalue weighted by atomic mass is 16.5. The second-order valence-electron chi connectivity index (χ2n) is 10.7. The molecule has 3 atom stereocenters. The van der Waals surface area contributed by atoms with Crippen molar-refractivity contribution in [1.29, 1.82) is 0 Å². The van der Waals surface area contributed by atoms with E-state index < -0.39 is 17.5 Å². The molecule has 1 saturated heterocycles. The number of morpholine rings is 1. The van der Waals surface area contributed by atoms with Crippen molar-refractivity contribution in [1.82, 2.24) is 20.5 Å². The largest absolute Gasteiger partial charge is 0.378 e. The lowest BCUT2D eigenvalue weighted by molar-refractivity contribution is -0.126. The Morgan fingerprint density at radius 2 is 1.95 bits per heavy atom. The van der Waals surface area contributed by atoms with Crippen molar-refractivity contribution in [2.45, 2.75) is 43.8 Å². The second kappa shape index (κ2) is 10.7. The molecule has 5 rings (SSSR count). The average molecular weight is 518 g/mol. The van der Waals surface area contributed by atoms with Gasteiger partial charge in [-0.25, -0.2) is 0 Å². The molecule has 0 radical (unpaired) electrons. The fourth-order valence-corrected chi connectivity index (χ4v) is 5.44. The number of amides is 2. The molecular weight excluding hydrogens is 482 g/mol. The Hall–Kier alpha value is -3.53. The summed E-state index contributed by atoms with van der Waals surface area (Å²) in [6.07, 6.45) is 3.47. The van der Waals surface area contributed by atoms with E-state index in [4.69, 9.17) is 10.5 Å². The Morgan fingerprint density at radius 3 is 2.68 bits per heavy atom. The number of para-hydroxylation sites is 1. The van der Waals surface area contributed by atoms with E-state index in [0.29, 0.717) is 38.4 Å². The molecule has 2 aromatic carbocycles. The van der Waals surface area contributed by atoms with Crippen LogP contribution in [-0.4, -0.2) is 72.4 Å². The predicted molar refractivity (Wildman–Crippen MR) is 145 cm³/mol. The average Bonchev–Trinajstić information content (AvgIpc) is 3.35. The number of aldehydes is 1. The van der Waals surface area contributed by atoms with Crippen LogP contribution in [0.25, 0.3) is 10.9 Å². The topological polar surface area (TPSA) is 130 Å². The Bertz CT molecular complexity index is 1340. The summed E-state index contributed by atoms with van der Waals surface area (Å²) in [6.45, 7) is 6.18. The van der Waals surface area contributed by atoms with Crippen molar-refractivity contribution in [2.24, 2.45) is 5.73 Å². The van der Waals surface area contributed by atoms with Gasteiger partial charge in [0.1, 0.15) is 6.29 Å². The van der Waals surface area contributed by atoms with E-state index in [1.54, 1.807) is 13.8 Å². The van der Waals surface area contributed by atoms with Crippen LogP contribution in [0.5, 0.6) is 0 Å². The summed E-state index contributed by atoms with van der Waals surface area (Å²) >= 11 is 0. The predicted octanol–water partition coefficient (Wildman–Crippen LogP) is 2.03. The van der Waals surface area contributed by atoms with E-state index in [-0.39, 0.29) is 17.9 Å². The van der Waals surface area contributed by atoms with E-state index in [2.05, 4.69) is 15.6 Å². The third-order valence-corrected chi connectivity index (χ3v) is 7.54. The summed E-state index contributed by atoms with van der Waals surface area (Å²) < 4.78 is 5.39. The van der Waals surface area contributed by atoms with Crippen LogP contribution < -0.4 is 16.4 Å². The molecule has 0 bridgehead atoms. The first kappa shape index (κ1) is 26.1. The third-order valence-electron chi connectivity index (χ3n) is 7.54. The van der Waals surface area contributed by atoms with Crippen molar-refractivity contribution in [2.75, 3.05) is 32.8 Å². The molecule has 0 spiro atoms. The number of nitrogens with zero attached hydrogens (tertiary/aromatic N) is 1. The summed E-state index contributed by atoms with van der Waals surface area (Å²) in [5.41, 5.74) is 9.38. The number of aromatic amines is 1. The van der Waals surface area contributed by atoms with Crippen molar-refractivity contribution in [3.05, 3.63) is 70.9 Å². The molecule has 5 N–H and O–H groups in total. The van der Waals surface area contributed by atoms with Crippen LogP contribution in [0.2, 0.25) is 0 Å². The van der Waals surface area contributed by atoms with Crippen LogP contribution in [0.15, 0.2) is 48.7 Å². The minimum absolute atomic E-state index is 0.00882. The number of carbonyl (C=O) groups excluding carboxylic acids is 3. The number of nitrogens with one attached hydrogen (secondary N) is 3. The van der Waals surface area contributed by atoms with Gasteiger partial charge in [0.15, 0.2) is 0 Å². The molecule has 0 saturated carbocycles. The van der Waals surface area contributed by atoms with Gasteiger partial charge in [0.2, 0.25) is 5.91 Å². The maximum atomic E-state index is 13.2. The van der Waals surface area contributed by atoms with Gasteiger partial charge in [0, 0.05) is 35.8 Å². The minimum atomic E-state index is -1.13. The Morgan fingerprint density at radius 1 is 1.18 bits per heavy atom. The van der Waals surface area contributed by atoms with E-state index in [1.807, 2.05) is 53.6 Å². The lowest BCUT2D eigenvalue weighted by atomic mass is 9.80. The standard InChI is InChI=1S/C29H35N5O4/c1-29(2,30)28(37)33-26(23(17-35)22-16-32-24-6-4-3-5-21(22)24)25-20-8-7-19(15-18(20)9-10-31-25)27(36)34-11-13-38-14-12-34/h3-8,15-17,23,25-26,31-32H,9-14,30H2,1-2H3,(H,33,37). The summed E-state index contributed by atoms with van der Waals surface area (Å²) in [5.74, 6) is -0.997. The third kappa shape index (κ3) is 5.09. The van der Waals surface area contributed by atoms with Gasteiger partial charge in [-0.1, -0.05) is 24.3 Å². The zero-order valence-corrected chi connectivity index (χ0v) is 21.8. The van der Waals surface area contributed by atoms with Crippen LogP contribution in [0.3, 0.4) is 0 Å². The molecule has 9 nitrogen and oxygen atoms in total. The highest BCUT2D eigenvalue weighted by Crippen LogP contribution is 2.35. The fraction of sp³-hybridized carbons (Fsp3) is 0.414. The number of hydrogen-bond acceptors (Lipinski definition) is 6. The zero-order valence-electron chi connectivity index (χ0n) is 21.8. The van der Waals surface area contributed by atoms with E-state index in [0.717, 1.165) is 40.3 Å². The van der Waals surface area contributed by atoms with Crippen LogP contribution in [0, 0.1) is 0 Å². The number of rotatable bonds is 7. The maximum Gasteiger partial charge on any atom is 0.254 e. The molecule has 2 aliphatic rings. The molecule has 2 amide bonds. The normalized spacial score (nSPS) is 19.4. The smallest absolute Gasteiger partial charge is 0.254 e. The number of H-pyrrole nitrogens is 1.